The van der Waals surface area contributed by atoms with Gasteiger partial charge in [0.05, 0.1) is 19.2 Å². The summed E-state index contributed by atoms with van der Waals surface area (Å²) in [6, 6.07) is 5.42. The molecule has 7 heteroatoms. The van der Waals surface area contributed by atoms with E-state index in [1.54, 1.807) is 18.0 Å². The van der Waals surface area contributed by atoms with E-state index in [1.165, 1.54) is 0 Å². The number of aliphatic hydroxyl groups is 1. The summed E-state index contributed by atoms with van der Waals surface area (Å²) < 4.78 is 10.8. The van der Waals surface area contributed by atoms with Gasteiger partial charge in [0.15, 0.2) is 11.5 Å². The van der Waals surface area contributed by atoms with Crippen LogP contribution in [0, 0.1) is 6.92 Å². The highest BCUT2D eigenvalue weighted by atomic mass is 16.5. The molecule has 0 aromatic carbocycles. The molecule has 130 valence electrons. The zero-order valence-corrected chi connectivity index (χ0v) is 14.1. The second kappa shape index (κ2) is 7.19. The van der Waals surface area contributed by atoms with Gasteiger partial charge < -0.3 is 18.9 Å². The standard InChI is InChI=1S/C17H23N3O4/c1-12-3-4-14(23-12)10-19(2)17(22)16-9-15(24-18-16)11-20-7-5-13(21)6-8-20/h3-4,9,13,21H,5-8,10-11H2,1-2H3. The van der Waals surface area contributed by atoms with Gasteiger partial charge in [0, 0.05) is 26.2 Å². The lowest BCUT2D eigenvalue weighted by Crippen LogP contribution is -2.35. The number of furan rings is 1. The zero-order valence-electron chi connectivity index (χ0n) is 14.1. The second-order valence-electron chi connectivity index (χ2n) is 6.36. The molecule has 0 aliphatic carbocycles. The van der Waals surface area contributed by atoms with E-state index in [9.17, 15) is 9.90 Å². The summed E-state index contributed by atoms with van der Waals surface area (Å²) in [4.78, 5) is 16.2. The summed E-state index contributed by atoms with van der Waals surface area (Å²) in [5, 5.41) is 13.4. The Hall–Kier alpha value is -2.12. The molecule has 1 aliphatic rings. The van der Waals surface area contributed by atoms with Gasteiger partial charge in [-0.15, -0.1) is 0 Å². The fourth-order valence-electron chi connectivity index (χ4n) is 2.86. The van der Waals surface area contributed by atoms with Gasteiger partial charge in [0.25, 0.3) is 5.91 Å². The third kappa shape index (κ3) is 4.04. The van der Waals surface area contributed by atoms with Crippen LogP contribution in [0.5, 0.6) is 0 Å². The largest absolute Gasteiger partial charge is 0.464 e. The SMILES string of the molecule is Cc1ccc(CN(C)C(=O)c2cc(CN3CCC(O)CC3)on2)o1. The minimum atomic E-state index is -0.202. The number of hydrogen-bond acceptors (Lipinski definition) is 6. The molecule has 0 bridgehead atoms. The Balaban J connectivity index is 1.56. The van der Waals surface area contributed by atoms with Crippen molar-refractivity contribution in [2.45, 2.75) is 39.0 Å². The number of likely N-dealkylation sites (tertiary alicyclic amines) is 1. The third-order valence-electron chi connectivity index (χ3n) is 4.25. The van der Waals surface area contributed by atoms with E-state index in [-0.39, 0.29) is 12.0 Å². The molecule has 1 fully saturated rings. The molecule has 1 amide bonds. The molecular weight excluding hydrogens is 310 g/mol. The topological polar surface area (TPSA) is 83.0 Å². The summed E-state index contributed by atoms with van der Waals surface area (Å²) in [5.41, 5.74) is 0.299. The summed E-state index contributed by atoms with van der Waals surface area (Å²) >= 11 is 0. The molecule has 3 rings (SSSR count). The highest BCUT2D eigenvalue weighted by Crippen LogP contribution is 2.16. The Labute approximate surface area is 140 Å². The first-order valence-corrected chi connectivity index (χ1v) is 8.18. The van der Waals surface area contributed by atoms with Crippen molar-refractivity contribution in [3.05, 3.63) is 41.2 Å². The van der Waals surface area contributed by atoms with Crippen molar-refractivity contribution in [3.8, 4) is 0 Å². The highest BCUT2D eigenvalue weighted by molar-refractivity contribution is 5.91. The predicted octanol–water partition coefficient (Wildman–Crippen LogP) is 1.80. The minimum Gasteiger partial charge on any atom is -0.464 e. The Kier molecular flexibility index (Phi) is 5.01. The number of carbonyl (C=O) groups is 1. The van der Waals surface area contributed by atoms with E-state index >= 15 is 0 Å². The number of nitrogens with zero attached hydrogens (tertiary/aromatic N) is 3. The lowest BCUT2D eigenvalue weighted by molar-refractivity contribution is 0.0741. The number of hydrogen-bond donors (Lipinski definition) is 1. The molecule has 0 radical (unpaired) electrons. The number of amides is 1. The molecule has 1 saturated heterocycles. The van der Waals surface area contributed by atoms with Crippen molar-refractivity contribution in [2.24, 2.45) is 0 Å². The first-order chi connectivity index (χ1) is 11.5. The monoisotopic (exact) mass is 333 g/mol. The van der Waals surface area contributed by atoms with Crippen LogP contribution in [0.2, 0.25) is 0 Å². The summed E-state index contributed by atoms with van der Waals surface area (Å²) in [5.74, 6) is 2.02. The molecule has 24 heavy (non-hydrogen) atoms. The molecule has 1 N–H and O–H groups in total. The highest BCUT2D eigenvalue weighted by Gasteiger charge is 2.21. The third-order valence-corrected chi connectivity index (χ3v) is 4.25. The zero-order chi connectivity index (χ0) is 17.1. The number of rotatable bonds is 5. The smallest absolute Gasteiger partial charge is 0.276 e. The van der Waals surface area contributed by atoms with Crippen molar-refractivity contribution in [3.63, 3.8) is 0 Å². The van der Waals surface area contributed by atoms with Gasteiger partial charge in [-0.3, -0.25) is 9.69 Å². The van der Waals surface area contributed by atoms with Crippen LogP contribution in [-0.4, -0.2) is 52.2 Å². The first kappa shape index (κ1) is 16.7. The molecule has 1 aliphatic heterocycles. The molecule has 0 unspecified atom stereocenters. The fourth-order valence-corrected chi connectivity index (χ4v) is 2.86. The number of aryl methyl sites for hydroxylation is 1. The maximum Gasteiger partial charge on any atom is 0.276 e. The number of carbonyl (C=O) groups excluding carboxylic acids is 1. The average Bonchev–Trinajstić information content (AvgIpc) is 3.18. The van der Waals surface area contributed by atoms with E-state index in [0.717, 1.165) is 37.5 Å². The predicted molar refractivity (Wildman–Crippen MR) is 86.3 cm³/mol. The van der Waals surface area contributed by atoms with Crippen LogP contribution >= 0.6 is 0 Å². The van der Waals surface area contributed by atoms with Crippen molar-refractivity contribution < 1.29 is 18.8 Å². The molecule has 3 heterocycles. The Morgan fingerprint density at radius 3 is 2.79 bits per heavy atom. The summed E-state index contributed by atoms with van der Waals surface area (Å²) in [6.45, 7) is 4.51. The van der Waals surface area contributed by atoms with Crippen LogP contribution in [-0.2, 0) is 13.1 Å². The Morgan fingerprint density at radius 1 is 1.38 bits per heavy atom. The fraction of sp³-hybridized carbons (Fsp3) is 0.529. The second-order valence-corrected chi connectivity index (χ2v) is 6.36. The van der Waals surface area contributed by atoms with Crippen molar-refractivity contribution in [1.82, 2.24) is 15.0 Å². The van der Waals surface area contributed by atoms with Gasteiger partial charge in [0.2, 0.25) is 0 Å². The molecule has 2 aromatic rings. The van der Waals surface area contributed by atoms with E-state index < -0.39 is 0 Å². The number of aromatic nitrogens is 1. The Morgan fingerprint density at radius 2 is 2.12 bits per heavy atom. The lowest BCUT2D eigenvalue weighted by atomic mass is 10.1. The van der Waals surface area contributed by atoms with Gasteiger partial charge in [-0.05, 0) is 31.9 Å². The van der Waals surface area contributed by atoms with Gasteiger partial charge in [-0.1, -0.05) is 5.16 Å². The molecule has 0 atom stereocenters. The molecule has 7 nitrogen and oxygen atoms in total. The van der Waals surface area contributed by atoms with Crippen LogP contribution in [0.1, 0.15) is 40.6 Å². The lowest BCUT2D eigenvalue weighted by Gasteiger charge is -2.28. The van der Waals surface area contributed by atoms with Crippen molar-refractivity contribution in [2.75, 3.05) is 20.1 Å². The molecule has 0 spiro atoms. The van der Waals surface area contributed by atoms with Crippen molar-refractivity contribution in [1.29, 1.82) is 0 Å². The van der Waals surface area contributed by atoms with Crippen LogP contribution in [0.15, 0.2) is 27.1 Å². The normalized spacial score (nSPS) is 16.5. The van der Waals surface area contributed by atoms with E-state index in [4.69, 9.17) is 8.94 Å². The van der Waals surface area contributed by atoms with E-state index in [2.05, 4.69) is 10.1 Å². The van der Waals surface area contributed by atoms with Crippen LogP contribution in [0.25, 0.3) is 0 Å². The van der Waals surface area contributed by atoms with Crippen LogP contribution < -0.4 is 0 Å². The molecule has 2 aromatic heterocycles. The summed E-state index contributed by atoms with van der Waals surface area (Å²) in [6.07, 6.45) is 1.34. The van der Waals surface area contributed by atoms with Gasteiger partial charge in [-0.2, -0.15) is 0 Å². The maximum absolute atomic E-state index is 12.4. The number of aliphatic hydroxyl groups excluding tert-OH is 1. The number of piperidine rings is 1. The summed E-state index contributed by atoms with van der Waals surface area (Å²) in [7, 11) is 1.71. The quantitative estimate of drug-likeness (QED) is 0.898. The van der Waals surface area contributed by atoms with Crippen LogP contribution in [0.4, 0.5) is 0 Å². The van der Waals surface area contributed by atoms with Crippen molar-refractivity contribution >= 4 is 5.91 Å². The minimum absolute atomic E-state index is 0.201. The Bertz CT molecular complexity index is 686. The van der Waals surface area contributed by atoms with E-state index in [1.807, 2.05) is 19.1 Å². The van der Waals surface area contributed by atoms with Gasteiger partial charge in [-0.25, -0.2) is 0 Å². The molecule has 0 saturated carbocycles. The maximum atomic E-state index is 12.4. The van der Waals surface area contributed by atoms with Crippen LogP contribution in [0.3, 0.4) is 0 Å². The average molecular weight is 333 g/mol. The first-order valence-electron chi connectivity index (χ1n) is 8.18. The van der Waals surface area contributed by atoms with Gasteiger partial charge in [0.1, 0.15) is 11.5 Å². The van der Waals surface area contributed by atoms with E-state index in [0.29, 0.717) is 24.5 Å². The van der Waals surface area contributed by atoms with Gasteiger partial charge >= 0.3 is 0 Å². The molecular formula is C17H23N3O4.